The maximum Gasteiger partial charge on any atom is 0.237 e. The molecule has 1 heterocycles. The van der Waals surface area contributed by atoms with Gasteiger partial charge in [-0.25, -0.2) is 0 Å². The smallest absolute Gasteiger partial charge is 0.237 e. The highest BCUT2D eigenvalue weighted by atomic mass is 16.2. The number of nitrogens with two attached hydrogens (primary N) is 1. The molecule has 5 heteroatoms. The molecule has 5 aliphatic rings. The van der Waals surface area contributed by atoms with Crippen molar-refractivity contribution in [1.29, 1.82) is 5.26 Å². The molecular formula is C16H24N4O. The molecule has 0 aromatic rings. The summed E-state index contributed by atoms with van der Waals surface area (Å²) >= 11 is 0. The van der Waals surface area contributed by atoms with Gasteiger partial charge in [-0.2, -0.15) is 5.26 Å². The zero-order valence-corrected chi connectivity index (χ0v) is 12.5. The number of hydrogen-bond acceptors (Lipinski definition) is 4. The molecule has 1 saturated heterocycles. The van der Waals surface area contributed by atoms with Crippen molar-refractivity contribution in [3.05, 3.63) is 0 Å². The number of nitrogens with zero attached hydrogens (tertiary/aromatic N) is 2. The number of nitriles is 1. The van der Waals surface area contributed by atoms with E-state index in [1.54, 1.807) is 4.90 Å². The lowest BCUT2D eigenvalue weighted by Crippen LogP contribution is -2.54. The fraction of sp³-hybridized carbons (Fsp3) is 0.875. The van der Waals surface area contributed by atoms with Gasteiger partial charge in [0.1, 0.15) is 6.04 Å². The summed E-state index contributed by atoms with van der Waals surface area (Å²) in [4.78, 5) is 14.2. The number of amides is 1. The molecule has 5 nitrogen and oxygen atoms in total. The largest absolute Gasteiger partial charge is 0.326 e. The Kier molecular flexibility index (Phi) is 2.86. The number of carbonyl (C=O) groups excluding carboxylic acids is 1. The Morgan fingerprint density at radius 3 is 3.05 bits per heavy atom. The minimum atomic E-state index is -0.214. The molecule has 1 amide bonds. The molecule has 3 N–H and O–H groups in total. The van der Waals surface area contributed by atoms with Crippen molar-refractivity contribution in [2.45, 2.75) is 62.1 Å². The van der Waals surface area contributed by atoms with Crippen molar-refractivity contribution in [3.63, 3.8) is 0 Å². The van der Waals surface area contributed by atoms with Gasteiger partial charge in [-0.05, 0) is 56.8 Å². The van der Waals surface area contributed by atoms with Crippen LogP contribution in [0.15, 0.2) is 0 Å². The average Bonchev–Trinajstić information content (AvgIpc) is 3.04. The van der Waals surface area contributed by atoms with Crippen LogP contribution in [-0.4, -0.2) is 41.0 Å². The Hall–Kier alpha value is -1.12. The molecule has 5 rings (SSSR count). The van der Waals surface area contributed by atoms with Crippen LogP contribution in [0.25, 0.3) is 0 Å². The van der Waals surface area contributed by atoms with E-state index in [1.807, 2.05) is 0 Å². The zero-order valence-electron chi connectivity index (χ0n) is 12.5. The first-order valence-electron chi connectivity index (χ1n) is 8.27. The normalized spacial score (nSPS) is 47.0. The van der Waals surface area contributed by atoms with Crippen LogP contribution in [0.4, 0.5) is 0 Å². The summed E-state index contributed by atoms with van der Waals surface area (Å²) in [6.07, 6.45) is 7.56. The van der Waals surface area contributed by atoms with Gasteiger partial charge in [0.2, 0.25) is 5.91 Å². The van der Waals surface area contributed by atoms with E-state index in [9.17, 15) is 4.79 Å². The minimum absolute atomic E-state index is 0.0186. The lowest BCUT2D eigenvalue weighted by Gasteiger charge is -2.39. The second kappa shape index (κ2) is 4.44. The SMILES string of the molecule is N#C[C@@H]1CCCN1C(=O)CNC12CC3CC1CC(N)(C3)C2. The van der Waals surface area contributed by atoms with Crippen LogP contribution in [-0.2, 0) is 4.79 Å². The van der Waals surface area contributed by atoms with Gasteiger partial charge < -0.3 is 16.0 Å². The minimum Gasteiger partial charge on any atom is -0.326 e. The van der Waals surface area contributed by atoms with Crippen molar-refractivity contribution in [1.82, 2.24) is 10.2 Å². The predicted molar refractivity (Wildman–Crippen MR) is 78.1 cm³/mol. The highest BCUT2D eigenvalue weighted by molar-refractivity contribution is 5.79. The summed E-state index contributed by atoms with van der Waals surface area (Å²) in [5.74, 6) is 1.49. The first-order valence-corrected chi connectivity index (χ1v) is 8.27. The molecule has 5 atom stereocenters. The van der Waals surface area contributed by atoms with Crippen LogP contribution < -0.4 is 11.1 Å². The summed E-state index contributed by atoms with van der Waals surface area (Å²) in [6, 6.07) is 2.03. The number of carbonyl (C=O) groups is 1. The van der Waals surface area contributed by atoms with Crippen LogP contribution in [0, 0.1) is 23.2 Å². The average molecular weight is 288 g/mol. The van der Waals surface area contributed by atoms with E-state index in [2.05, 4.69) is 11.4 Å². The lowest BCUT2D eigenvalue weighted by atomic mass is 9.75. The van der Waals surface area contributed by atoms with Crippen molar-refractivity contribution < 1.29 is 4.79 Å². The lowest BCUT2D eigenvalue weighted by molar-refractivity contribution is -0.130. The van der Waals surface area contributed by atoms with E-state index in [4.69, 9.17) is 11.0 Å². The van der Waals surface area contributed by atoms with E-state index >= 15 is 0 Å². The molecule has 0 spiro atoms. The molecule has 4 saturated carbocycles. The van der Waals surface area contributed by atoms with Crippen molar-refractivity contribution in [2.24, 2.45) is 17.6 Å². The highest BCUT2D eigenvalue weighted by Gasteiger charge is 2.62. The second-order valence-corrected chi connectivity index (χ2v) is 7.83. The molecular weight excluding hydrogens is 264 g/mol. The summed E-state index contributed by atoms with van der Waals surface area (Å²) in [7, 11) is 0. The molecule has 4 bridgehead atoms. The molecule has 114 valence electrons. The van der Waals surface area contributed by atoms with Gasteiger partial charge in [0, 0.05) is 17.6 Å². The molecule has 0 aromatic carbocycles. The van der Waals surface area contributed by atoms with E-state index in [0.717, 1.165) is 38.1 Å². The van der Waals surface area contributed by atoms with Gasteiger partial charge in [0.15, 0.2) is 0 Å². The van der Waals surface area contributed by atoms with E-state index in [1.165, 1.54) is 19.3 Å². The molecule has 4 aliphatic carbocycles. The third-order valence-corrected chi connectivity index (χ3v) is 6.38. The second-order valence-electron chi connectivity index (χ2n) is 7.83. The summed E-state index contributed by atoms with van der Waals surface area (Å²) in [5, 5.41) is 12.7. The van der Waals surface area contributed by atoms with Gasteiger partial charge in [-0.1, -0.05) is 0 Å². The first kappa shape index (κ1) is 13.5. The Balaban J connectivity index is 1.42. The zero-order chi connectivity index (χ0) is 14.7. The molecule has 0 radical (unpaired) electrons. The maximum absolute atomic E-state index is 12.4. The van der Waals surface area contributed by atoms with E-state index < -0.39 is 0 Å². The van der Waals surface area contributed by atoms with Gasteiger partial charge >= 0.3 is 0 Å². The quantitative estimate of drug-likeness (QED) is 0.803. The number of rotatable bonds is 3. The Bertz CT molecular complexity index is 515. The Morgan fingerprint density at radius 1 is 1.43 bits per heavy atom. The molecule has 21 heavy (non-hydrogen) atoms. The molecule has 1 aliphatic heterocycles. The van der Waals surface area contributed by atoms with Gasteiger partial charge in [-0.3, -0.25) is 4.79 Å². The van der Waals surface area contributed by atoms with Crippen LogP contribution >= 0.6 is 0 Å². The highest BCUT2D eigenvalue weighted by Crippen LogP contribution is 2.61. The molecule has 5 fully saturated rings. The first-order chi connectivity index (χ1) is 10.0. The van der Waals surface area contributed by atoms with Crippen molar-refractivity contribution >= 4 is 5.91 Å². The summed E-state index contributed by atoms with van der Waals surface area (Å²) in [6.45, 7) is 1.11. The van der Waals surface area contributed by atoms with E-state index in [0.29, 0.717) is 12.5 Å². The Morgan fingerprint density at radius 2 is 2.29 bits per heavy atom. The van der Waals surface area contributed by atoms with E-state index in [-0.39, 0.29) is 23.0 Å². The topological polar surface area (TPSA) is 82.2 Å². The maximum atomic E-state index is 12.4. The fourth-order valence-corrected chi connectivity index (χ4v) is 5.80. The standard InChI is InChI=1S/C16H24N4O/c17-8-13-2-1-3-20(13)14(21)9-19-16-6-11-4-12(16)7-15(18,5-11)10-16/h11-13,19H,1-7,9-10,18H2/t11?,12?,13-,15?,16?/m0/s1. The van der Waals surface area contributed by atoms with Gasteiger partial charge in [-0.15, -0.1) is 0 Å². The van der Waals surface area contributed by atoms with Gasteiger partial charge in [0.05, 0.1) is 12.6 Å². The summed E-state index contributed by atoms with van der Waals surface area (Å²) in [5.41, 5.74) is 6.62. The van der Waals surface area contributed by atoms with Crippen LogP contribution in [0.1, 0.15) is 44.9 Å². The summed E-state index contributed by atoms with van der Waals surface area (Å²) < 4.78 is 0. The molecule has 4 unspecified atom stereocenters. The molecule has 0 aromatic heterocycles. The van der Waals surface area contributed by atoms with Gasteiger partial charge in [0.25, 0.3) is 0 Å². The van der Waals surface area contributed by atoms with Crippen molar-refractivity contribution in [3.8, 4) is 6.07 Å². The number of nitrogens with one attached hydrogen (secondary N) is 1. The fourth-order valence-electron chi connectivity index (χ4n) is 5.80. The van der Waals surface area contributed by atoms with Crippen molar-refractivity contribution in [2.75, 3.05) is 13.1 Å². The van der Waals surface area contributed by atoms with Crippen LogP contribution in [0.2, 0.25) is 0 Å². The third-order valence-electron chi connectivity index (χ3n) is 6.38. The monoisotopic (exact) mass is 288 g/mol. The Labute approximate surface area is 125 Å². The van der Waals surface area contributed by atoms with Crippen LogP contribution in [0.3, 0.4) is 0 Å². The number of hydrogen-bond donors (Lipinski definition) is 2. The predicted octanol–water partition coefficient (Wildman–Crippen LogP) is 0.751. The number of likely N-dealkylation sites (tertiary alicyclic amines) is 1. The van der Waals surface area contributed by atoms with Crippen LogP contribution in [0.5, 0.6) is 0 Å². The third kappa shape index (κ3) is 2.00.